The summed E-state index contributed by atoms with van der Waals surface area (Å²) in [6.07, 6.45) is -16.7. The number of phenolic OH excluding ortho intramolecular Hbond substituents is 11. The number of benzene rings is 9. The van der Waals surface area contributed by atoms with E-state index in [1.54, 1.807) is 36.4 Å². The molecule has 11 atom stereocenters. The average molecular weight is 1770 g/mol. The van der Waals surface area contributed by atoms with Crippen molar-refractivity contribution in [2.45, 2.75) is 87.8 Å². The van der Waals surface area contributed by atoms with E-state index in [1.165, 1.54) is 98.8 Å². The SMILES string of the molecule is CC(=O)Oc1ccccc1C(=O)O.C[C@@H]1O[C@@H](OC[C@H]2O[C@@H](Oc3c(-c4ccc(OCCO)c(OCCO)c4)oc4cc(OCCO)cc(O)c4c3=O)[C@H](O)[C@@H](O)[C@@H]2O)[C@H](O)[C@H](O)[C@H]1O.O=C1C[C@@H](c2ccc(O)cc2)Oc2cc(O)cc(O)c21.O=c1c(O)c(-c2ccc(O)c(O)c2)oc2cc(O)cc(O)c12.O=c1cc(-c2ccc(O)cc2)oc2cc(O)cc(O)c12. The van der Waals surface area contributed by atoms with Crippen molar-refractivity contribution in [3.8, 4) is 137 Å². The van der Waals surface area contributed by atoms with Crippen LogP contribution in [0, 0.1) is 0 Å². The lowest BCUT2D eigenvalue weighted by Gasteiger charge is -2.42. The van der Waals surface area contributed by atoms with Crippen molar-refractivity contribution in [3.63, 3.8) is 0 Å². The number of hydrogen-bond acceptors (Lipinski definition) is 39. The summed E-state index contributed by atoms with van der Waals surface area (Å²) in [5.74, 6) is -6.14. The van der Waals surface area contributed by atoms with Gasteiger partial charge in [-0.2, -0.15) is 0 Å². The first-order chi connectivity index (χ1) is 60.5. The Balaban J connectivity index is 0.000000171. The molecule has 3 aromatic heterocycles. The highest BCUT2D eigenvalue weighted by Crippen LogP contribution is 2.45. The number of carboxylic acid groups (broad SMARTS) is 1. The Hall–Kier alpha value is -14.7. The molecule has 2 saturated heterocycles. The lowest BCUT2D eigenvalue weighted by molar-refractivity contribution is -0.318. The molecule has 0 radical (unpaired) electrons. The maximum atomic E-state index is 14.1. The van der Waals surface area contributed by atoms with E-state index in [0.29, 0.717) is 5.56 Å². The van der Waals surface area contributed by atoms with E-state index in [2.05, 4.69) is 4.74 Å². The summed E-state index contributed by atoms with van der Waals surface area (Å²) >= 11 is 0. The van der Waals surface area contributed by atoms with Gasteiger partial charge in [0.1, 0.15) is 187 Å². The second-order valence-electron chi connectivity index (χ2n) is 28.0. The summed E-state index contributed by atoms with van der Waals surface area (Å²) < 4.78 is 66.4. The molecule has 0 saturated carbocycles. The van der Waals surface area contributed by atoms with Gasteiger partial charge in [0.25, 0.3) is 0 Å². The minimum absolute atomic E-state index is 0.0160. The molecule has 670 valence electrons. The van der Waals surface area contributed by atoms with E-state index in [4.69, 9.17) is 56.3 Å². The standard InChI is InChI=1S/C33H42O19.C15H10O7.C15H12O5.C15H10O5.C9H8O4/c1-14-23(38)26(41)28(43)32(49-14)48-13-21-24(39)27(42)29(44)33(51-21)52-31-25(40)22-17(37)11-16(45-7-4-34)12-20(22)50-30(31)15-2-3-18(46-8-5-35)19(10-15)47-9-6-36;16-7-4-10(19)12-11(5-7)22-15(14(21)13(12)20)6-1-2-8(17)9(18)3-6;2*16-9-3-1-8(2-4-9)13-7-12(19)15-11(18)5-10(17)6-14(15)20-13;1-6(10)13-8-5-3-2-4-7(8)9(11)12/h2-3,10-12,14,21,23-24,26-29,32-39,41-44H,4-9,13H2,1H3;1-5,16-19,21H;1-6,13,16-18H,7H2;1-7,16-18H;2-5H,1H3,(H,11,12)/t14-,21+,23-,24+,26+,27-,28+,29+,32+,33-;;13-;;/m0.0../s1. The maximum absolute atomic E-state index is 14.1. The number of Topliss-reactive ketones (excluding diaryl/α,β-unsaturated/α-hetero) is 1. The monoisotopic (exact) mass is 1770 g/mol. The van der Waals surface area contributed by atoms with Gasteiger partial charge in [-0.3, -0.25) is 24.0 Å². The van der Waals surface area contributed by atoms with Gasteiger partial charge in [-0.25, -0.2) is 4.79 Å². The van der Waals surface area contributed by atoms with Gasteiger partial charge in [0.05, 0.1) is 39.0 Å². The zero-order valence-electron chi connectivity index (χ0n) is 66.3. The quantitative estimate of drug-likeness (QED) is 0.0247. The molecule has 40 heteroatoms. The van der Waals surface area contributed by atoms with Gasteiger partial charge in [0.15, 0.2) is 52.0 Å². The molecule has 0 amide bonds. The van der Waals surface area contributed by atoms with Crippen LogP contribution in [0.1, 0.15) is 52.7 Å². The van der Waals surface area contributed by atoms with Crippen molar-refractivity contribution in [2.24, 2.45) is 0 Å². The van der Waals surface area contributed by atoms with E-state index in [-0.39, 0.29) is 199 Å². The molecule has 6 heterocycles. The fraction of sp³-hybridized carbons (Fsp3) is 0.241. The number of carbonyl (C=O) groups is 3. The topological polar surface area (TPSA) is 670 Å². The third kappa shape index (κ3) is 21.8. The highest BCUT2D eigenvalue weighted by Gasteiger charge is 2.48. The molecule has 15 rings (SSSR count). The number of para-hydroxylation sites is 1. The molecule has 3 aliphatic rings. The summed E-state index contributed by atoms with van der Waals surface area (Å²) in [5.41, 5.74) is -0.861. The fourth-order valence-corrected chi connectivity index (χ4v) is 12.9. The molecule has 0 bridgehead atoms. The first kappa shape index (κ1) is 93.0. The minimum Gasteiger partial charge on any atom is -0.508 e. The average Bonchev–Trinajstić information content (AvgIpc) is 0.759. The minimum atomic E-state index is -1.98. The van der Waals surface area contributed by atoms with Gasteiger partial charge in [-0.05, 0) is 97.4 Å². The molecule has 9 aromatic carbocycles. The molecule has 0 aliphatic carbocycles. The largest absolute Gasteiger partial charge is 0.508 e. The number of fused-ring (bicyclic) bond motifs is 4. The predicted octanol–water partition coefficient (Wildman–Crippen LogP) is 5.69. The van der Waals surface area contributed by atoms with Crippen LogP contribution in [0.2, 0.25) is 0 Å². The number of ketones is 1. The van der Waals surface area contributed by atoms with Crippen molar-refractivity contribution in [2.75, 3.05) is 46.2 Å². The first-order valence-corrected chi connectivity index (χ1v) is 37.9. The highest BCUT2D eigenvalue weighted by atomic mass is 16.7. The van der Waals surface area contributed by atoms with Crippen molar-refractivity contribution in [1.82, 2.24) is 0 Å². The predicted molar refractivity (Wildman–Crippen MR) is 437 cm³/mol. The van der Waals surface area contributed by atoms with Crippen LogP contribution >= 0.6 is 0 Å². The zero-order chi connectivity index (χ0) is 92.1. The molecule has 2 fully saturated rings. The molecule has 127 heavy (non-hydrogen) atoms. The number of carboxylic acids is 1. The number of aromatic hydroxyl groups is 12. The Morgan fingerprint density at radius 2 is 1.00 bits per heavy atom. The van der Waals surface area contributed by atoms with E-state index < -0.39 is 131 Å². The summed E-state index contributed by atoms with van der Waals surface area (Å²) in [5, 5.41) is 214. The number of phenols is 11. The lowest BCUT2D eigenvalue weighted by atomic mass is 9.95. The van der Waals surface area contributed by atoms with Crippen molar-refractivity contribution < 1.29 is 183 Å². The van der Waals surface area contributed by atoms with Gasteiger partial charge >= 0.3 is 11.9 Å². The Kier molecular flexibility index (Phi) is 29.9. The van der Waals surface area contributed by atoms with Gasteiger partial charge in [0.2, 0.25) is 28.6 Å². The Labute approximate surface area is 713 Å². The molecular weight excluding hydrogens is 1680 g/mol. The third-order valence-electron chi connectivity index (χ3n) is 19.0. The van der Waals surface area contributed by atoms with Crippen molar-refractivity contribution >= 4 is 50.6 Å². The second-order valence-corrected chi connectivity index (χ2v) is 28.0. The van der Waals surface area contributed by atoms with Crippen molar-refractivity contribution in [3.05, 3.63) is 211 Å². The van der Waals surface area contributed by atoms with Crippen LogP contribution < -0.4 is 44.7 Å². The number of aliphatic hydroxyl groups is 9. The van der Waals surface area contributed by atoms with Crippen LogP contribution in [0.3, 0.4) is 0 Å². The van der Waals surface area contributed by atoms with Gasteiger partial charge in [0, 0.05) is 78.2 Å². The van der Waals surface area contributed by atoms with E-state index in [1.807, 2.05) is 0 Å². The van der Waals surface area contributed by atoms with E-state index in [0.717, 1.165) is 48.0 Å². The molecule has 12 aromatic rings. The lowest BCUT2D eigenvalue weighted by Crippen LogP contribution is -2.61. The van der Waals surface area contributed by atoms with Crippen LogP contribution in [0.15, 0.2) is 191 Å². The number of carbonyl (C=O) groups excluding carboxylic acids is 2. The second kappa shape index (κ2) is 40.8. The van der Waals surface area contributed by atoms with E-state index >= 15 is 0 Å². The Bertz CT molecular complexity index is 6160. The molecule has 3 aliphatic heterocycles. The van der Waals surface area contributed by atoms with E-state index in [9.17, 15) is 136 Å². The summed E-state index contributed by atoms with van der Waals surface area (Å²) in [6, 6.07) is 36.7. The van der Waals surface area contributed by atoms with Crippen LogP contribution in [-0.4, -0.2) is 238 Å². The van der Waals surface area contributed by atoms with Gasteiger partial charge < -0.3 is 168 Å². The van der Waals surface area contributed by atoms with Crippen LogP contribution in [-0.2, 0) is 19.0 Å². The van der Waals surface area contributed by atoms with Gasteiger partial charge in [-0.1, -0.05) is 24.3 Å². The van der Waals surface area contributed by atoms with Crippen LogP contribution in [0.5, 0.6) is 103 Å². The number of aliphatic hydroxyl groups excluding tert-OH is 9. The molecule has 0 unspecified atom stereocenters. The number of esters is 1. The van der Waals surface area contributed by atoms with Crippen molar-refractivity contribution in [1.29, 1.82) is 0 Å². The summed E-state index contributed by atoms with van der Waals surface area (Å²) in [6.45, 7) is 0.573. The van der Waals surface area contributed by atoms with Gasteiger partial charge in [-0.15, -0.1) is 0 Å². The molecular formula is C87H82O40. The smallest absolute Gasteiger partial charge is 0.339 e. The third-order valence-corrected chi connectivity index (χ3v) is 19.0. The number of hydrogen-bond donors (Lipinski definition) is 22. The normalized spacial score (nSPS) is 19.2. The van der Waals surface area contributed by atoms with Crippen LogP contribution in [0.4, 0.5) is 0 Å². The number of rotatable bonds is 20. The molecule has 40 nitrogen and oxygen atoms in total. The highest BCUT2D eigenvalue weighted by molar-refractivity contribution is 6.03. The Morgan fingerprint density at radius 3 is 1.65 bits per heavy atom. The summed E-state index contributed by atoms with van der Waals surface area (Å²) in [7, 11) is 0. The number of ether oxygens (including phenoxy) is 9. The zero-order valence-corrected chi connectivity index (χ0v) is 66.3. The van der Waals surface area contributed by atoms with Crippen LogP contribution in [0.25, 0.3) is 66.9 Å². The molecule has 22 N–H and O–H groups in total. The molecule has 0 spiro atoms. The summed E-state index contributed by atoms with van der Waals surface area (Å²) in [4.78, 5) is 71.5. The first-order valence-electron chi connectivity index (χ1n) is 37.9. The number of aromatic carboxylic acids is 1. The maximum Gasteiger partial charge on any atom is 0.339 e. The fourth-order valence-electron chi connectivity index (χ4n) is 12.9. The Morgan fingerprint density at radius 1 is 0.457 bits per heavy atom.